The first-order chi connectivity index (χ1) is 6.27. The van der Waals surface area contributed by atoms with Crippen molar-refractivity contribution >= 4 is 0 Å². The van der Waals surface area contributed by atoms with Gasteiger partial charge in [0.05, 0.1) is 13.2 Å². The molecule has 0 saturated carbocycles. The zero-order valence-corrected chi connectivity index (χ0v) is 7.42. The highest BCUT2D eigenvalue weighted by atomic mass is 19.1. The second-order valence-corrected chi connectivity index (χ2v) is 3.08. The van der Waals surface area contributed by atoms with Crippen LogP contribution in [0, 0.1) is 12.7 Å². The summed E-state index contributed by atoms with van der Waals surface area (Å²) in [5.74, 6) is -0.193. The zero-order chi connectivity index (χ0) is 9.26. The summed E-state index contributed by atoms with van der Waals surface area (Å²) >= 11 is 0. The highest BCUT2D eigenvalue weighted by Gasteiger charge is 2.18. The maximum Gasteiger partial charge on any atom is 0.184 e. The molecule has 2 nitrogen and oxygen atoms in total. The van der Waals surface area contributed by atoms with Crippen molar-refractivity contribution < 1.29 is 13.9 Å². The van der Waals surface area contributed by atoms with Gasteiger partial charge in [-0.15, -0.1) is 0 Å². The third-order valence-corrected chi connectivity index (χ3v) is 2.08. The Morgan fingerprint density at radius 2 is 2.00 bits per heavy atom. The van der Waals surface area contributed by atoms with E-state index >= 15 is 0 Å². The molecule has 0 atom stereocenters. The van der Waals surface area contributed by atoms with Crippen LogP contribution < -0.4 is 0 Å². The van der Waals surface area contributed by atoms with Crippen molar-refractivity contribution in [2.75, 3.05) is 13.2 Å². The molecular formula is C10H11FO2. The summed E-state index contributed by atoms with van der Waals surface area (Å²) in [4.78, 5) is 0. The Labute approximate surface area is 76.3 Å². The third kappa shape index (κ3) is 1.71. The van der Waals surface area contributed by atoms with E-state index in [4.69, 9.17) is 9.47 Å². The van der Waals surface area contributed by atoms with Crippen LogP contribution >= 0.6 is 0 Å². The predicted octanol–water partition coefficient (Wildman–Crippen LogP) is 2.18. The average Bonchev–Trinajstić information content (AvgIpc) is 2.62. The molecule has 1 fully saturated rings. The minimum Gasteiger partial charge on any atom is -0.346 e. The highest BCUT2D eigenvalue weighted by molar-refractivity contribution is 5.24. The first-order valence-corrected chi connectivity index (χ1v) is 4.26. The van der Waals surface area contributed by atoms with Crippen molar-refractivity contribution in [2.24, 2.45) is 0 Å². The van der Waals surface area contributed by atoms with Crippen LogP contribution in [0.3, 0.4) is 0 Å². The first kappa shape index (κ1) is 8.66. The molecule has 0 radical (unpaired) electrons. The van der Waals surface area contributed by atoms with E-state index in [-0.39, 0.29) is 12.1 Å². The maximum atomic E-state index is 12.9. The Hall–Kier alpha value is -0.930. The number of halogens is 1. The summed E-state index contributed by atoms with van der Waals surface area (Å²) in [6.07, 6.45) is -0.306. The molecule has 1 saturated heterocycles. The van der Waals surface area contributed by atoms with Crippen molar-refractivity contribution in [3.05, 3.63) is 35.1 Å². The van der Waals surface area contributed by atoms with Gasteiger partial charge in [-0.3, -0.25) is 0 Å². The Balaban J connectivity index is 2.25. The smallest absolute Gasteiger partial charge is 0.184 e. The van der Waals surface area contributed by atoms with Crippen LogP contribution in [-0.2, 0) is 9.47 Å². The minimum absolute atomic E-state index is 0.193. The number of ether oxygens (including phenoxy) is 2. The SMILES string of the molecule is Cc1cc(C2OCCO2)ccc1F. The fourth-order valence-electron chi connectivity index (χ4n) is 1.37. The van der Waals surface area contributed by atoms with E-state index in [1.165, 1.54) is 6.07 Å². The van der Waals surface area contributed by atoms with Gasteiger partial charge < -0.3 is 9.47 Å². The summed E-state index contributed by atoms with van der Waals surface area (Å²) in [7, 11) is 0. The molecule has 70 valence electrons. The molecule has 0 bridgehead atoms. The van der Waals surface area contributed by atoms with Crippen molar-refractivity contribution in [1.82, 2.24) is 0 Å². The molecule has 0 aliphatic carbocycles. The van der Waals surface area contributed by atoms with Crippen LogP contribution in [0.15, 0.2) is 18.2 Å². The zero-order valence-electron chi connectivity index (χ0n) is 7.42. The maximum absolute atomic E-state index is 12.9. The largest absolute Gasteiger partial charge is 0.346 e. The van der Waals surface area contributed by atoms with E-state index in [1.54, 1.807) is 19.1 Å². The molecule has 0 amide bonds. The van der Waals surface area contributed by atoms with Crippen LogP contribution in [0.25, 0.3) is 0 Å². The molecule has 1 heterocycles. The van der Waals surface area contributed by atoms with E-state index in [0.29, 0.717) is 18.8 Å². The number of hydrogen-bond acceptors (Lipinski definition) is 2. The van der Waals surface area contributed by atoms with Crippen molar-refractivity contribution in [3.8, 4) is 0 Å². The topological polar surface area (TPSA) is 18.5 Å². The molecule has 1 aliphatic rings. The van der Waals surface area contributed by atoms with Crippen LogP contribution in [0.4, 0.5) is 4.39 Å². The monoisotopic (exact) mass is 182 g/mol. The van der Waals surface area contributed by atoms with E-state index in [2.05, 4.69) is 0 Å². The molecule has 1 aliphatic heterocycles. The fraction of sp³-hybridized carbons (Fsp3) is 0.400. The number of hydrogen-bond donors (Lipinski definition) is 0. The second-order valence-electron chi connectivity index (χ2n) is 3.08. The summed E-state index contributed by atoms with van der Waals surface area (Å²) < 4.78 is 23.5. The molecule has 1 aromatic rings. The molecule has 0 aromatic heterocycles. The van der Waals surface area contributed by atoms with Gasteiger partial charge in [0, 0.05) is 5.56 Å². The Bertz CT molecular complexity index is 306. The summed E-state index contributed by atoms with van der Waals surface area (Å²) in [6, 6.07) is 4.89. The molecule has 1 aromatic carbocycles. The predicted molar refractivity (Wildman–Crippen MR) is 45.8 cm³/mol. The van der Waals surface area contributed by atoms with E-state index < -0.39 is 0 Å². The Morgan fingerprint density at radius 1 is 1.31 bits per heavy atom. The summed E-state index contributed by atoms with van der Waals surface area (Å²) in [5.41, 5.74) is 1.51. The van der Waals surface area contributed by atoms with Crippen LogP contribution in [-0.4, -0.2) is 13.2 Å². The van der Waals surface area contributed by atoms with E-state index in [9.17, 15) is 4.39 Å². The van der Waals surface area contributed by atoms with Gasteiger partial charge in [-0.2, -0.15) is 0 Å². The Kier molecular flexibility index (Phi) is 2.29. The van der Waals surface area contributed by atoms with Crippen LogP contribution in [0.2, 0.25) is 0 Å². The van der Waals surface area contributed by atoms with Crippen molar-refractivity contribution in [3.63, 3.8) is 0 Å². The number of aryl methyl sites for hydroxylation is 1. The standard InChI is InChI=1S/C10H11FO2/c1-7-6-8(2-3-9(7)11)10-12-4-5-13-10/h2-3,6,10H,4-5H2,1H3. The molecule has 13 heavy (non-hydrogen) atoms. The summed E-state index contributed by atoms with van der Waals surface area (Å²) in [5, 5.41) is 0. The van der Waals surface area contributed by atoms with Gasteiger partial charge in [0.1, 0.15) is 5.82 Å². The third-order valence-electron chi connectivity index (χ3n) is 2.08. The lowest BCUT2D eigenvalue weighted by Crippen LogP contribution is -1.98. The molecule has 3 heteroatoms. The minimum atomic E-state index is -0.306. The molecule has 2 rings (SSSR count). The quantitative estimate of drug-likeness (QED) is 0.662. The van der Waals surface area contributed by atoms with Crippen LogP contribution in [0.1, 0.15) is 17.4 Å². The normalized spacial score (nSPS) is 18.0. The first-order valence-electron chi connectivity index (χ1n) is 4.26. The number of rotatable bonds is 1. The lowest BCUT2D eigenvalue weighted by Gasteiger charge is -2.09. The van der Waals surface area contributed by atoms with E-state index in [1.807, 2.05) is 0 Å². The lowest BCUT2D eigenvalue weighted by atomic mass is 10.1. The number of benzene rings is 1. The highest BCUT2D eigenvalue weighted by Crippen LogP contribution is 2.24. The molecular weight excluding hydrogens is 171 g/mol. The van der Waals surface area contributed by atoms with Gasteiger partial charge in [0.2, 0.25) is 0 Å². The van der Waals surface area contributed by atoms with Crippen molar-refractivity contribution in [1.29, 1.82) is 0 Å². The Morgan fingerprint density at radius 3 is 2.62 bits per heavy atom. The molecule has 0 unspecified atom stereocenters. The molecule has 0 spiro atoms. The fourth-order valence-corrected chi connectivity index (χ4v) is 1.37. The van der Waals surface area contributed by atoms with Gasteiger partial charge in [0.25, 0.3) is 0 Å². The van der Waals surface area contributed by atoms with Gasteiger partial charge in [-0.05, 0) is 24.6 Å². The molecule has 0 N–H and O–H groups in total. The van der Waals surface area contributed by atoms with E-state index in [0.717, 1.165) is 5.56 Å². The lowest BCUT2D eigenvalue weighted by molar-refractivity contribution is -0.0441. The van der Waals surface area contributed by atoms with Crippen LogP contribution in [0.5, 0.6) is 0 Å². The van der Waals surface area contributed by atoms with Crippen molar-refractivity contribution in [2.45, 2.75) is 13.2 Å². The van der Waals surface area contributed by atoms with Gasteiger partial charge >= 0.3 is 0 Å². The van der Waals surface area contributed by atoms with Gasteiger partial charge in [-0.25, -0.2) is 4.39 Å². The van der Waals surface area contributed by atoms with Gasteiger partial charge in [0.15, 0.2) is 6.29 Å². The second kappa shape index (κ2) is 3.44. The average molecular weight is 182 g/mol. The summed E-state index contributed by atoms with van der Waals surface area (Å²) in [6.45, 7) is 2.95. The van der Waals surface area contributed by atoms with Gasteiger partial charge in [-0.1, -0.05) is 6.07 Å².